The summed E-state index contributed by atoms with van der Waals surface area (Å²) in [5.41, 5.74) is 7.05. The summed E-state index contributed by atoms with van der Waals surface area (Å²) in [7, 11) is 0. The van der Waals surface area contributed by atoms with Crippen LogP contribution in [-0.4, -0.2) is 26.6 Å². The van der Waals surface area contributed by atoms with E-state index in [0.717, 1.165) is 0 Å². The van der Waals surface area contributed by atoms with Gasteiger partial charge in [-0.15, -0.1) is 0 Å². The summed E-state index contributed by atoms with van der Waals surface area (Å²) in [6.07, 6.45) is 4.71. The van der Waals surface area contributed by atoms with Crippen molar-refractivity contribution in [2.24, 2.45) is 5.73 Å². The molecule has 0 saturated carbocycles. The molecular weight excluding hydrogens is 294 g/mol. The Hall–Kier alpha value is -3.48. The van der Waals surface area contributed by atoms with Crippen LogP contribution in [-0.2, 0) is 0 Å². The maximum absolute atomic E-state index is 12.3. The molecule has 3 aromatic rings. The van der Waals surface area contributed by atoms with Crippen molar-refractivity contribution in [1.82, 2.24) is 14.8 Å². The fraction of sp³-hybridized carbons (Fsp3) is 0. The second-order valence-electron chi connectivity index (χ2n) is 4.72. The van der Waals surface area contributed by atoms with E-state index in [9.17, 15) is 9.59 Å². The summed E-state index contributed by atoms with van der Waals surface area (Å²) in [5, 5.41) is 6.92. The standard InChI is InChI=1S/C16H13N5O2/c17-15(22)13-7-10-21(20-13)14-4-2-1-3-12(14)19-16(23)11-5-8-18-9-6-11/h1-10H,(H2,17,22)(H,19,23). The third-order valence-corrected chi connectivity index (χ3v) is 3.18. The maximum Gasteiger partial charge on any atom is 0.269 e. The average molecular weight is 307 g/mol. The number of carbonyl (C=O) groups excluding carboxylic acids is 2. The number of rotatable bonds is 4. The molecule has 0 fully saturated rings. The van der Waals surface area contributed by atoms with Crippen molar-refractivity contribution >= 4 is 17.5 Å². The minimum atomic E-state index is -0.609. The lowest BCUT2D eigenvalue weighted by Crippen LogP contribution is -2.15. The molecule has 0 aliphatic carbocycles. The van der Waals surface area contributed by atoms with E-state index in [1.54, 1.807) is 48.9 Å². The van der Waals surface area contributed by atoms with Gasteiger partial charge in [0.1, 0.15) is 5.69 Å². The molecule has 2 aromatic heterocycles. The van der Waals surface area contributed by atoms with Crippen molar-refractivity contribution in [3.05, 3.63) is 72.3 Å². The molecule has 0 bridgehead atoms. The van der Waals surface area contributed by atoms with Crippen LogP contribution in [0, 0.1) is 0 Å². The number of para-hydroxylation sites is 2. The summed E-state index contributed by atoms with van der Waals surface area (Å²) < 4.78 is 1.49. The van der Waals surface area contributed by atoms with Gasteiger partial charge in [0.2, 0.25) is 0 Å². The van der Waals surface area contributed by atoms with Gasteiger partial charge in [0.25, 0.3) is 11.8 Å². The topological polar surface area (TPSA) is 103 Å². The van der Waals surface area contributed by atoms with Gasteiger partial charge in [-0.1, -0.05) is 12.1 Å². The Morgan fingerprint density at radius 1 is 1.04 bits per heavy atom. The fourth-order valence-electron chi connectivity index (χ4n) is 2.07. The first kappa shape index (κ1) is 14.5. The Kier molecular flexibility index (Phi) is 3.84. The molecule has 3 N–H and O–H groups in total. The Balaban J connectivity index is 1.91. The number of nitrogens with two attached hydrogens (primary N) is 1. The predicted molar refractivity (Wildman–Crippen MR) is 84.3 cm³/mol. The highest BCUT2D eigenvalue weighted by atomic mass is 16.2. The van der Waals surface area contributed by atoms with E-state index in [2.05, 4.69) is 15.4 Å². The zero-order valence-corrected chi connectivity index (χ0v) is 12.0. The van der Waals surface area contributed by atoms with Crippen LogP contribution in [0.2, 0.25) is 0 Å². The van der Waals surface area contributed by atoms with Crippen LogP contribution in [0.5, 0.6) is 0 Å². The average Bonchev–Trinajstić information content (AvgIpc) is 3.06. The Morgan fingerprint density at radius 2 is 1.78 bits per heavy atom. The zero-order valence-electron chi connectivity index (χ0n) is 12.0. The molecule has 114 valence electrons. The lowest BCUT2D eigenvalue weighted by Gasteiger charge is -2.11. The van der Waals surface area contributed by atoms with Crippen molar-refractivity contribution in [1.29, 1.82) is 0 Å². The van der Waals surface area contributed by atoms with E-state index in [1.807, 2.05) is 6.07 Å². The molecule has 0 atom stereocenters. The Morgan fingerprint density at radius 3 is 2.48 bits per heavy atom. The van der Waals surface area contributed by atoms with Crippen molar-refractivity contribution in [2.45, 2.75) is 0 Å². The third-order valence-electron chi connectivity index (χ3n) is 3.18. The largest absolute Gasteiger partial charge is 0.364 e. The number of aromatic nitrogens is 3. The summed E-state index contributed by atoms with van der Waals surface area (Å²) >= 11 is 0. The lowest BCUT2D eigenvalue weighted by atomic mass is 10.2. The van der Waals surface area contributed by atoms with Crippen molar-refractivity contribution in [3.8, 4) is 5.69 Å². The minimum Gasteiger partial charge on any atom is -0.364 e. The number of hydrogen-bond donors (Lipinski definition) is 2. The molecule has 23 heavy (non-hydrogen) atoms. The van der Waals surface area contributed by atoms with Gasteiger partial charge < -0.3 is 11.1 Å². The maximum atomic E-state index is 12.3. The van der Waals surface area contributed by atoms with Crippen LogP contribution in [0.4, 0.5) is 5.69 Å². The molecule has 2 amide bonds. The third kappa shape index (κ3) is 3.08. The van der Waals surface area contributed by atoms with Crippen LogP contribution in [0.3, 0.4) is 0 Å². The second kappa shape index (κ2) is 6.10. The molecule has 0 aliphatic rings. The number of carbonyl (C=O) groups is 2. The monoisotopic (exact) mass is 307 g/mol. The highest BCUT2D eigenvalue weighted by Gasteiger charge is 2.12. The molecule has 0 unspecified atom stereocenters. The SMILES string of the molecule is NC(=O)c1ccn(-c2ccccc2NC(=O)c2ccncc2)n1. The van der Waals surface area contributed by atoms with E-state index in [0.29, 0.717) is 16.9 Å². The number of amides is 2. The molecule has 2 heterocycles. The highest BCUT2D eigenvalue weighted by molar-refractivity contribution is 6.05. The molecule has 7 heteroatoms. The number of nitrogens with one attached hydrogen (secondary N) is 1. The number of nitrogens with zero attached hydrogens (tertiary/aromatic N) is 3. The van der Waals surface area contributed by atoms with Gasteiger partial charge in [0, 0.05) is 24.2 Å². The first-order chi connectivity index (χ1) is 11.1. The van der Waals surface area contributed by atoms with Crippen LogP contribution in [0.25, 0.3) is 5.69 Å². The molecule has 1 aromatic carbocycles. The predicted octanol–water partition coefficient (Wildman–Crippen LogP) is 1.62. The number of pyridine rings is 1. The molecule has 0 radical (unpaired) electrons. The summed E-state index contributed by atoms with van der Waals surface area (Å²) in [5.74, 6) is -0.871. The first-order valence-corrected chi connectivity index (χ1v) is 6.81. The van der Waals surface area contributed by atoms with Crippen LogP contribution in [0.15, 0.2) is 61.1 Å². The van der Waals surface area contributed by atoms with Crippen LogP contribution >= 0.6 is 0 Å². The first-order valence-electron chi connectivity index (χ1n) is 6.81. The number of primary amides is 1. The summed E-state index contributed by atoms with van der Waals surface area (Å²) in [4.78, 5) is 27.3. The summed E-state index contributed by atoms with van der Waals surface area (Å²) in [6.45, 7) is 0. The number of hydrogen-bond acceptors (Lipinski definition) is 4. The Bertz CT molecular complexity index is 858. The van der Waals surface area contributed by atoms with E-state index in [4.69, 9.17) is 5.73 Å². The molecule has 0 saturated heterocycles. The molecule has 3 rings (SSSR count). The van der Waals surface area contributed by atoms with Crippen LogP contribution in [0.1, 0.15) is 20.8 Å². The van der Waals surface area contributed by atoms with Gasteiger partial charge in [-0.2, -0.15) is 5.10 Å². The molecule has 0 spiro atoms. The van der Waals surface area contributed by atoms with Gasteiger partial charge in [-0.25, -0.2) is 4.68 Å². The smallest absolute Gasteiger partial charge is 0.269 e. The fourth-order valence-corrected chi connectivity index (χ4v) is 2.07. The molecular formula is C16H13N5O2. The van der Waals surface area contributed by atoms with Gasteiger partial charge in [-0.3, -0.25) is 14.6 Å². The van der Waals surface area contributed by atoms with Gasteiger partial charge in [0.15, 0.2) is 0 Å². The molecule has 0 aliphatic heterocycles. The van der Waals surface area contributed by atoms with Crippen molar-refractivity contribution in [3.63, 3.8) is 0 Å². The normalized spacial score (nSPS) is 10.3. The number of anilines is 1. The van der Waals surface area contributed by atoms with Gasteiger partial charge >= 0.3 is 0 Å². The van der Waals surface area contributed by atoms with E-state index in [-0.39, 0.29) is 11.6 Å². The van der Waals surface area contributed by atoms with Gasteiger partial charge in [-0.05, 0) is 30.3 Å². The van der Waals surface area contributed by atoms with Crippen molar-refractivity contribution < 1.29 is 9.59 Å². The Labute approximate surface area is 131 Å². The van der Waals surface area contributed by atoms with Crippen molar-refractivity contribution in [2.75, 3.05) is 5.32 Å². The molecule has 7 nitrogen and oxygen atoms in total. The van der Waals surface area contributed by atoms with E-state index < -0.39 is 5.91 Å². The van der Waals surface area contributed by atoms with E-state index in [1.165, 1.54) is 10.7 Å². The minimum absolute atomic E-state index is 0.153. The summed E-state index contributed by atoms with van der Waals surface area (Å²) in [6, 6.07) is 11.9. The second-order valence-corrected chi connectivity index (χ2v) is 4.72. The zero-order chi connectivity index (χ0) is 16.2. The number of benzene rings is 1. The highest BCUT2D eigenvalue weighted by Crippen LogP contribution is 2.20. The van der Waals surface area contributed by atoms with Crippen LogP contribution < -0.4 is 11.1 Å². The van der Waals surface area contributed by atoms with E-state index >= 15 is 0 Å². The quantitative estimate of drug-likeness (QED) is 0.764. The lowest BCUT2D eigenvalue weighted by molar-refractivity contribution is 0.0992. The van der Waals surface area contributed by atoms with Gasteiger partial charge in [0.05, 0.1) is 11.4 Å².